The van der Waals surface area contributed by atoms with Crippen molar-refractivity contribution in [2.75, 3.05) is 56.1 Å². The van der Waals surface area contributed by atoms with E-state index in [0.717, 1.165) is 63.4 Å². The van der Waals surface area contributed by atoms with Gasteiger partial charge < -0.3 is 20.0 Å². The molecule has 0 aliphatic carbocycles. The molecular formula is C23H33N7. The first-order valence-electron chi connectivity index (χ1n) is 11.1. The first-order valence-corrected chi connectivity index (χ1v) is 11.1. The Balaban J connectivity index is 1.31. The van der Waals surface area contributed by atoms with Gasteiger partial charge in [-0.05, 0) is 42.7 Å². The standard InChI is InChI=1S/C23H33N7/c1-24-23(30-16-14-29(15-17-30)21-8-4-5-10-25-21)27-19-20-9-11-26-22(18-20)28-12-6-2-3-7-13-28/h4-5,8-11,18H,2-3,6-7,12-17,19H2,1H3,(H,24,27). The van der Waals surface area contributed by atoms with Crippen LogP contribution in [0.1, 0.15) is 31.2 Å². The van der Waals surface area contributed by atoms with Crippen LogP contribution in [-0.4, -0.2) is 67.1 Å². The van der Waals surface area contributed by atoms with E-state index in [0.29, 0.717) is 0 Å². The molecule has 160 valence electrons. The molecule has 7 heteroatoms. The Labute approximate surface area is 179 Å². The molecule has 4 rings (SSSR count). The summed E-state index contributed by atoms with van der Waals surface area (Å²) in [6.07, 6.45) is 8.99. The van der Waals surface area contributed by atoms with Crippen LogP contribution in [0.15, 0.2) is 47.7 Å². The van der Waals surface area contributed by atoms with Gasteiger partial charge in [0.05, 0.1) is 0 Å². The van der Waals surface area contributed by atoms with Crippen molar-refractivity contribution in [1.82, 2.24) is 20.2 Å². The maximum absolute atomic E-state index is 4.63. The minimum Gasteiger partial charge on any atom is -0.357 e. The third-order valence-corrected chi connectivity index (χ3v) is 5.95. The molecule has 0 amide bonds. The van der Waals surface area contributed by atoms with Gasteiger partial charge in [0.2, 0.25) is 0 Å². The molecule has 0 radical (unpaired) electrons. The van der Waals surface area contributed by atoms with Gasteiger partial charge in [0.15, 0.2) is 5.96 Å². The monoisotopic (exact) mass is 407 g/mol. The summed E-state index contributed by atoms with van der Waals surface area (Å²) in [5, 5.41) is 3.55. The zero-order valence-electron chi connectivity index (χ0n) is 18.0. The fourth-order valence-electron chi connectivity index (χ4n) is 4.24. The summed E-state index contributed by atoms with van der Waals surface area (Å²) in [4.78, 5) is 20.7. The Kier molecular flexibility index (Phi) is 7.00. The minimum absolute atomic E-state index is 0.760. The van der Waals surface area contributed by atoms with Crippen LogP contribution in [0.25, 0.3) is 0 Å². The molecule has 0 atom stereocenters. The molecule has 0 unspecified atom stereocenters. The van der Waals surface area contributed by atoms with Crippen molar-refractivity contribution in [3.05, 3.63) is 48.3 Å². The average molecular weight is 408 g/mol. The van der Waals surface area contributed by atoms with Crippen LogP contribution in [0, 0.1) is 0 Å². The van der Waals surface area contributed by atoms with E-state index in [1.165, 1.54) is 31.2 Å². The SMILES string of the molecule is CN=C(NCc1ccnc(N2CCCCCC2)c1)N1CCN(c2ccccn2)CC1. The number of nitrogens with one attached hydrogen (secondary N) is 1. The van der Waals surface area contributed by atoms with E-state index in [-0.39, 0.29) is 0 Å². The van der Waals surface area contributed by atoms with Gasteiger partial charge in [0.1, 0.15) is 11.6 Å². The number of rotatable bonds is 4. The van der Waals surface area contributed by atoms with Crippen LogP contribution in [-0.2, 0) is 6.54 Å². The first-order chi connectivity index (χ1) is 14.8. The Hall–Kier alpha value is -2.83. The summed E-state index contributed by atoms with van der Waals surface area (Å²) < 4.78 is 0. The number of pyridine rings is 2. The van der Waals surface area contributed by atoms with E-state index < -0.39 is 0 Å². The second-order valence-electron chi connectivity index (χ2n) is 7.99. The Morgan fingerprint density at radius 3 is 2.30 bits per heavy atom. The first kappa shape index (κ1) is 20.4. The summed E-state index contributed by atoms with van der Waals surface area (Å²) in [7, 11) is 1.86. The van der Waals surface area contributed by atoms with E-state index in [1.807, 2.05) is 31.6 Å². The average Bonchev–Trinajstić information content (AvgIpc) is 3.10. The van der Waals surface area contributed by atoms with Crippen molar-refractivity contribution in [3.63, 3.8) is 0 Å². The number of aromatic nitrogens is 2. The molecule has 4 heterocycles. The van der Waals surface area contributed by atoms with E-state index in [2.05, 4.69) is 53.2 Å². The van der Waals surface area contributed by atoms with Crippen molar-refractivity contribution in [3.8, 4) is 0 Å². The molecule has 2 aliphatic rings. The minimum atomic E-state index is 0.760. The van der Waals surface area contributed by atoms with Crippen LogP contribution in [0.2, 0.25) is 0 Å². The van der Waals surface area contributed by atoms with Gasteiger partial charge in [-0.15, -0.1) is 0 Å². The number of hydrogen-bond acceptors (Lipinski definition) is 5. The van der Waals surface area contributed by atoms with Gasteiger partial charge in [0.25, 0.3) is 0 Å². The van der Waals surface area contributed by atoms with Crippen molar-refractivity contribution >= 4 is 17.6 Å². The molecule has 1 N–H and O–H groups in total. The van der Waals surface area contributed by atoms with Gasteiger partial charge in [-0.1, -0.05) is 18.9 Å². The lowest BCUT2D eigenvalue weighted by atomic mass is 10.2. The second-order valence-corrected chi connectivity index (χ2v) is 7.99. The highest BCUT2D eigenvalue weighted by atomic mass is 15.4. The van der Waals surface area contributed by atoms with Gasteiger partial charge >= 0.3 is 0 Å². The smallest absolute Gasteiger partial charge is 0.194 e. The normalized spacial score (nSPS) is 18.3. The fourth-order valence-corrected chi connectivity index (χ4v) is 4.24. The van der Waals surface area contributed by atoms with Crippen LogP contribution >= 0.6 is 0 Å². The van der Waals surface area contributed by atoms with Crippen LogP contribution in [0.3, 0.4) is 0 Å². The Bertz CT molecular complexity index is 807. The maximum atomic E-state index is 4.63. The molecule has 0 saturated carbocycles. The van der Waals surface area contributed by atoms with Crippen LogP contribution in [0.4, 0.5) is 11.6 Å². The van der Waals surface area contributed by atoms with Crippen molar-refractivity contribution in [1.29, 1.82) is 0 Å². The Morgan fingerprint density at radius 1 is 0.867 bits per heavy atom. The summed E-state index contributed by atoms with van der Waals surface area (Å²) in [5.41, 5.74) is 1.25. The number of aliphatic imine (C=N–C) groups is 1. The predicted octanol–water partition coefficient (Wildman–Crippen LogP) is 2.75. The molecule has 2 aromatic heterocycles. The number of hydrogen-bond donors (Lipinski definition) is 1. The topological polar surface area (TPSA) is 59.9 Å². The number of guanidine groups is 1. The summed E-state index contributed by atoms with van der Waals surface area (Å²) in [5.74, 6) is 3.12. The largest absolute Gasteiger partial charge is 0.357 e. The van der Waals surface area contributed by atoms with Crippen molar-refractivity contribution in [2.45, 2.75) is 32.2 Å². The van der Waals surface area contributed by atoms with Gasteiger partial charge in [-0.2, -0.15) is 0 Å². The highest BCUT2D eigenvalue weighted by Crippen LogP contribution is 2.18. The molecular weight excluding hydrogens is 374 g/mol. The fraction of sp³-hybridized carbons (Fsp3) is 0.522. The zero-order valence-corrected chi connectivity index (χ0v) is 18.0. The quantitative estimate of drug-likeness (QED) is 0.621. The molecule has 2 fully saturated rings. The summed E-state index contributed by atoms with van der Waals surface area (Å²) >= 11 is 0. The molecule has 30 heavy (non-hydrogen) atoms. The second kappa shape index (κ2) is 10.3. The summed E-state index contributed by atoms with van der Waals surface area (Å²) in [6, 6.07) is 10.4. The van der Waals surface area contributed by atoms with Crippen LogP contribution in [0.5, 0.6) is 0 Å². The van der Waals surface area contributed by atoms with E-state index in [4.69, 9.17) is 0 Å². The third kappa shape index (κ3) is 5.20. The van der Waals surface area contributed by atoms with Crippen LogP contribution < -0.4 is 15.1 Å². The lowest BCUT2D eigenvalue weighted by molar-refractivity contribution is 0.371. The Morgan fingerprint density at radius 2 is 1.60 bits per heavy atom. The lowest BCUT2D eigenvalue weighted by Gasteiger charge is -2.37. The van der Waals surface area contributed by atoms with Gasteiger partial charge in [-0.3, -0.25) is 4.99 Å². The summed E-state index contributed by atoms with van der Waals surface area (Å²) in [6.45, 7) is 6.77. The molecule has 2 saturated heterocycles. The number of nitrogens with zero attached hydrogens (tertiary/aromatic N) is 6. The molecule has 7 nitrogen and oxygen atoms in total. The number of piperazine rings is 1. The molecule has 0 bridgehead atoms. The highest BCUT2D eigenvalue weighted by molar-refractivity contribution is 5.80. The molecule has 0 spiro atoms. The maximum Gasteiger partial charge on any atom is 0.194 e. The number of anilines is 2. The molecule has 2 aromatic rings. The van der Waals surface area contributed by atoms with Crippen molar-refractivity contribution in [2.24, 2.45) is 4.99 Å². The predicted molar refractivity (Wildman–Crippen MR) is 123 cm³/mol. The lowest BCUT2D eigenvalue weighted by Crippen LogP contribution is -2.52. The van der Waals surface area contributed by atoms with E-state index >= 15 is 0 Å². The van der Waals surface area contributed by atoms with Crippen molar-refractivity contribution < 1.29 is 0 Å². The third-order valence-electron chi connectivity index (χ3n) is 5.95. The van der Waals surface area contributed by atoms with Gasteiger partial charge in [-0.25, -0.2) is 9.97 Å². The van der Waals surface area contributed by atoms with E-state index in [9.17, 15) is 0 Å². The van der Waals surface area contributed by atoms with Gasteiger partial charge in [0, 0.05) is 65.3 Å². The molecule has 2 aliphatic heterocycles. The highest BCUT2D eigenvalue weighted by Gasteiger charge is 2.20. The van der Waals surface area contributed by atoms with E-state index in [1.54, 1.807) is 0 Å². The molecule has 0 aromatic carbocycles. The zero-order chi connectivity index (χ0) is 20.6.